The second-order valence-corrected chi connectivity index (χ2v) is 8.46. The van der Waals surface area contributed by atoms with Crippen LogP contribution in [0.5, 0.6) is 5.75 Å². The maximum absolute atomic E-state index is 12.8. The van der Waals surface area contributed by atoms with E-state index in [1.165, 1.54) is 0 Å². The van der Waals surface area contributed by atoms with E-state index in [1.807, 2.05) is 38.1 Å². The molecule has 2 aromatic rings. The summed E-state index contributed by atoms with van der Waals surface area (Å²) < 4.78 is 6.44. The molecule has 6 nitrogen and oxygen atoms in total. The van der Waals surface area contributed by atoms with Crippen molar-refractivity contribution < 1.29 is 14.3 Å². The van der Waals surface area contributed by atoms with Gasteiger partial charge < -0.3 is 15.4 Å². The second-order valence-electron chi connectivity index (χ2n) is 7.14. The summed E-state index contributed by atoms with van der Waals surface area (Å²) in [6.07, 6.45) is 2.72. The molecule has 1 saturated carbocycles. The Morgan fingerprint density at radius 2 is 1.87 bits per heavy atom. The van der Waals surface area contributed by atoms with Crippen molar-refractivity contribution in [2.45, 2.75) is 33.1 Å². The zero-order valence-corrected chi connectivity index (χ0v) is 19.3. The minimum atomic E-state index is -0.365. The number of halogens is 1. The summed E-state index contributed by atoms with van der Waals surface area (Å²) in [4.78, 5) is 24.8. The Kier molecular flexibility index (Phi) is 7.44. The maximum atomic E-state index is 12.8. The number of nitrogens with one attached hydrogen (secondary N) is 3. The van der Waals surface area contributed by atoms with E-state index < -0.39 is 0 Å². The summed E-state index contributed by atoms with van der Waals surface area (Å²) in [5.74, 6) is 0.299. The number of amides is 2. The summed E-state index contributed by atoms with van der Waals surface area (Å²) in [5.41, 5.74) is 2.68. The van der Waals surface area contributed by atoms with E-state index in [9.17, 15) is 9.59 Å². The van der Waals surface area contributed by atoms with Crippen LogP contribution in [-0.4, -0.2) is 23.5 Å². The van der Waals surface area contributed by atoms with Crippen LogP contribution in [0.1, 0.15) is 42.1 Å². The Bertz CT molecular complexity index is 976. The topological polar surface area (TPSA) is 79.5 Å². The lowest BCUT2D eigenvalue weighted by Gasteiger charge is -2.16. The van der Waals surface area contributed by atoms with Crippen molar-refractivity contribution in [1.29, 1.82) is 0 Å². The molecule has 8 heteroatoms. The summed E-state index contributed by atoms with van der Waals surface area (Å²) in [5, 5.41) is 8.86. The fraction of sp³-hybridized carbons (Fsp3) is 0.318. The molecule has 0 saturated heterocycles. The van der Waals surface area contributed by atoms with Crippen LogP contribution in [0, 0.1) is 12.8 Å². The Morgan fingerprint density at radius 3 is 2.53 bits per heavy atom. The average molecular weight is 490 g/mol. The minimum Gasteiger partial charge on any atom is -0.493 e. The minimum absolute atomic E-state index is 0.0420. The molecule has 2 amide bonds. The highest BCUT2D eigenvalue weighted by atomic mass is 79.9. The molecule has 3 N–H and O–H groups in total. The third kappa shape index (κ3) is 5.79. The third-order valence-electron chi connectivity index (χ3n) is 4.66. The Morgan fingerprint density at radius 1 is 1.17 bits per heavy atom. The number of hydrogen-bond donors (Lipinski definition) is 3. The van der Waals surface area contributed by atoms with Crippen molar-refractivity contribution in [3.8, 4) is 5.75 Å². The lowest BCUT2D eigenvalue weighted by Crippen LogP contribution is -2.34. The van der Waals surface area contributed by atoms with Crippen LogP contribution in [0.2, 0.25) is 0 Å². The molecule has 0 aromatic heterocycles. The molecular weight excluding hydrogens is 466 g/mol. The fourth-order valence-electron chi connectivity index (χ4n) is 2.83. The number of benzene rings is 2. The van der Waals surface area contributed by atoms with Gasteiger partial charge in [0.05, 0.1) is 12.2 Å². The van der Waals surface area contributed by atoms with Gasteiger partial charge >= 0.3 is 0 Å². The van der Waals surface area contributed by atoms with Gasteiger partial charge in [0.25, 0.3) is 5.91 Å². The molecular formula is C22H24BrN3O3S. The molecule has 3 rings (SSSR count). The number of carbonyl (C=O) groups excluding carboxylic acids is 2. The maximum Gasteiger partial charge on any atom is 0.261 e. The zero-order chi connectivity index (χ0) is 21.7. The van der Waals surface area contributed by atoms with Gasteiger partial charge in [0.15, 0.2) is 5.11 Å². The highest BCUT2D eigenvalue weighted by Gasteiger charge is 2.29. The van der Waals surface area contributed by atoms with Crippen LogP contribution in [0.15, 0.2) is 40.9 Å². The number of rotatable bonds is 7. The number of hydrogen-bond acceptors (Lipinski definition) is 4. The normalized spacial score (nSPS) is 12.8. The molecule has 2 aromatic carbocycles. The predicted octanol–water partition coefficient (Wildman–Crippen LogP) is 5.02. The van der Waals surface area contributed by atoms with Crippen molar-refractivity contribution in [2.24, 2.45) is 5.92 Å². The van der Waals surface area contributed by atoms with Gasteiger partial charge in [-0.2, -0.15) is 0 Å². The monoisotopic (exact) mass is 489 g/mol. The molecule has 0 bridgehead atoms. The van der Waals surface area contributed by atoms with Crippen molar-refractivity contribution in [3.05, 3.63) is 52.0 Å². The van der Waals surface area contributed by atoms with Gasteiger partial charge in [-0.15, -0.1) is 0 Å². The van der Waals surface area contributed by atoms with E-state index in [0.29, 0.717) is 23.6 Å². The highest BCUT2D eigenvalue weighted by molar-refractivity contribution is 9.10. The smallest absolute Gasteiger partial charge is 0.261 e. The van der Waals surface area contributed by atoms with Gasteiger partial charge in [-0.05, 0) is 74.3 Å². The highest BCUT2D eigenvalue weighted by Crippen LogP contribution is 2.31. The van der Waals surface area contributed by atoms with Crippen LogP contribution >= 0.6 is 28.1 Å². The molecule has 1 fully saturated rings. The number of carbonyl (C=O) groups is 2. The molecule has 0 aliphatic heterocycles. The second kappa shape index (κ2) is 10.0. The van der Waals surface area contributed by atoms with Gasteiger partial charge in [-0.3, -0.25) is 14.9 Å². The van der Waals surface area contributed by atoms with E-state index in [1.54, 1.807) is 12.1 Å². The van der Waals surface area contributed by atoms with Crippen molar-refractivity contribution >= 4 is 56.4 Å². The molecule has 0 heterocycles. The fourth-order valence-corrected chi connectivity index (χ4v) is 3.39. The lowest BCUT2D eigenvalue weighted by molar-refractivity contribution is -0.117. The van der Waals surface area contributed by atoms with Crippen LogP contribution < -0.4 is 20.7 Å². The molecule has 30 heavy (non-hydrogen) atoms. The first kappa shape index (κ1) is 22.2. The summed E-state index contributed by atoms with van der Waals surface area (Å²) >= 11 is 8.72. The number of anilines is 2. The Balaban J connectivity index is 1.68. The van der Waals surface area contributed by atoms with Gasteiger partial charge in [0, 0.05) is 21.8 Å². The van der Waals surface area contributed by atoms with Crippen molar-refractivity contribution in [3.63, 3.8) is 0 Å². The van der Waals surface area contributed by atoms with Gasteiger partial charge in [-0.25, -0.2) is 0 Å². The quantitative estimate of drug-likeness (QED) is 0.475. The van der Waals surface area contributed by atoms with E-state index in [-0.39, 0.29) is 22.8 Å². The first-order valence-electron chi connectivity index (χ1n) is 9.84. The number of ether oxygens (including phenoxy) is 1. The van der Waals surface area contributed by atoms with Crippen molar-refractivity contribution in [2.75, 3.05) is 17.2 Å². The molecule has 0 radical (unpaired) electrons. The number of thiocarbonyl (C=S) groups is 1. The van der Waals surface area contributed by atoms with Crippen LogP contribution in [0.3, 0.4) is 0 Å². The largest absolute Gasteiger partial charge is 0.493 e. The van der Waals surface area contributed by atoms with E-state index in [4.69, 9.17) is 17.0 Å². The molecule has 0 unspecified atom stereocenters. The SMILES string of the molecule is CCCOc1ccc(Br)cc1C(=O)NC(=S)Nc1cccc(NC(=O)C2CC2)c1C. The summed E-state index contributed by atoms with van der Waals surface area (Å²) in [6.45, 7) is 4.41. The molecule has 1 aliphatic carbocycles. The molecule has 1 aliphatic rings. The van der Waals surface area contributed by atoms with E-state index >= 15 is 0 Å². The van der Waals surface area contributed by atoms with E-state index in [2.05, 4.69) is 31.9 Å². The van der Waals surface area contributed by atoms with Crippen LogP contribution in [-0.2, 0) is 4.79 Å². The first-order valence-corrected chi connectivity index (χ1v) is 11.0. The van der Waals surface area contributed by atoms with Crippen LogP contribution in [0.25, 0.3) is 0 Å². The standard InChI is InChI=1S/C22H24BrN3O3S/c1-3-11-29-19-10-9-15(23)12-16(19)21(28)26-22(30)25-18-6-4-5-17(13(18)2)24-20(27)14-7-8-14/h4-6,9-10,12,14H,3,7-8,11H2,1-2H3,(H,24,27)(H2,25,26,28,30). The zero-order valence-electron chi connectivity index (χ0n) is 16.9. The van der Waals surface area contributed by atoms with Gasteiger partial charge in [0.1, 0.15) is 5.75 Å². The average Bonchev–Trinajstić information content (AvgIpc) is 3.55. The van der Waals surface area contributed by atoms with Gasteiger partial charge in [-0.1, -0.05) is 28.9 Å². The predicted molar refractivity (Wildman–Crippen MR) is 126 cm³/mol. The van der Waals surface area contributed by atoms with Crippen LogP contribution in [0.4, 0.5) is 11.4 Å². The molecule has 0 spiro atoms. The van der Waals surface area contributed by atoms with E-state index in [0.717, 1.165) is 35.0 Å². The van der Waals surface area contributed by atoms with Crippen molar-refractivity contribution in [1.82, 2.24) is 5.32 Å². The Hall–Kier alpha value is -2.45. The lowest BCUT2D eigenvalue weighted by atomic mass is 10.1. The third-order valence-corrected chi connectivity index (χ3v) is 5.36. The summed E-state index contributed by atoms with van der Waals surface area (Å²) in [7, 11) is 0. The molecule has 158 valence electrons. The Labute approximate surface area is 189 Å². The molecule has 0 atom stereocenters. The van der Waals surface area contributed by atoms with Gasteiger partial charge in [0.2, 0.25) is 5.91 Å². The first-order chi connectivity index (χ1) is 14.4. The summed E-state index contributed by atoms with van der Waals surface area (Å²) in [6, 6.07) is 10.8.